The van der Waals surface area contributed by atoms with Gasteiger partial charge in [0.25, 0.3) is 5.91 Å². The van der Waals surface area contributed by atoms with Crippen molar-refractivity contribution in [3.63, 3.8) is 0 Å². The van der Waals surface area contributed by atoms with Crippen LogP contribution in [0.3, 0.4) is 0 Å². The number of nitrogens with zero attached hydrogens (tertiary/aromatic N) is 1. The second kappa shape index (κ2) is 7.71. The van der Waals surface area contributed by atoms with Crippen molar-refractivity contribution in [1.29, 1.82) is 0 Å². The summed E-state index contributed by atoms with van der Waals surface area (Å²) < 4.78 is 15.3. The molecule has 0 aliphatic heterocycles. The average Bonchev–Trinajstić information content (AvgIpc) is 3.16. The van der Waals surface area contributed by atoms with Crippen molar-refractivity contribution in [3.05, 3.63) is 66.0 Å². The van der Waals surface area contributed by atoms with Gasteiger partial charge in [-0.3, -0.25) is 14.7 Å². The Bertz CT molecular complexity index is 1230. The number of hydrogen-bond donors (Lipinski definition) is 3. The van der Waals surface area contributed by atoms with Crippen LogP contribution in [0.2, 0.25) is 0 Å². The van der Waals surface area contributed by atoms with Crippen LogP contribution in [0.5, 0.6) is 0 Å². The third kappa shape index (κ3) is 3.67. The predicted octanol–water partition coefficient (Wildman–Crippen LogP) is 3.39. The lowest BCUT2D eigenvalue weighted by molar-refractivity contribution is -0.118. The molecule has 0 aliphatic carbocycles. The van der Waals surface area contributed by atoms with Crippen LogP contribution in [0, 0.1) is 5.82 Å². The maximum atomic E-state index is 15.3. The molecule has 0 fully saturated rings. The molecule has 4 aromatic rings. The Hall–Kier alpha value is -3.74. The first-order valence-electron chi connectivity index (χ1n) is 9.23. The van der Waals surface area contributed by atoms with Crippen molar-refractivity contribution < 1.29 is 14.0 Å². The summed E-state index contributed by atoms with van der Waals surface area (Å²) in [7, 11) is 0. The fourth-order valence-corrected chi connectivity index (χ4v) is 3.30. The molecule has 0 saturated carbocycles. The van der Waals surface area contributed by atoms with Gasteiger partial charge in [-0.15, -0.1) is 0 Å². The maximum Gasteiger partial charge on any atom is 0.254 e. The lowest BCUT2D eigenvalue weighted by Gasteiger charge is -2.08. The number of hydrogen-bond acceptors (Lipinski definition) is 3. The monoisotopic (exact) mass is 390 g/mol. The first-order chi connectivity index (χ1) is 14.0. The smallest absolute Gasteiger partial charge is 0.254 e. The molecule has 3 N–H and O–H groups in total. The van der Waals surface area contributed by atoms with Gasteiger partial charge in [0.15, 0.2) is 0 Å². The molecular formula is C22H19FN4O2. The number of aromatic amines is 1. The van der Waals surface area contributed by atoms with E-state index in [9.17, 15) is 9.59 Å². The van der Waals surface area contributed by atoms with Crippen molar-refractivity contribution in [2.75, 3.05) is 13.1 Å². The van der Waals surface area contributed by atoms with Gasteiger partial charge in [-0.25, -0.2) is 4.39 Å². The van der Waals surface area contributed by atoms with E-state index in [2.05, 4.69) is 20.8 Å². The van der Waals surface area contributed by atoms with Gasteiger partial charge in [0.2, 0.25) is 5.91 Å². The predicted molar refractivity (Wildman–Crippen MR) is 110 cm³/mol. The number of rotatable bonds is 5. The van der Waals surface area contributed by atoms with E-state index >= 15 is 4.39 Å². The number of nitrogens with one attached hydrogen (secondary N) is 3. The quantitative estimate of drug-likeness (QED) is 0.457. The lowest BCUT2D eigenvalue weighted by atomic mass is 10.0. The Kier molecular flexibility index (Phi) is 4.95. The molecule has 0 unspecified atom stereocenters. The van der Waals surface area contributed by atoms with Gasteiger partial charge in [-0.05, 0) is 29.0 Å². The first-order valence-corrected chi connectivity index (χ1v) is 9.23. The van der Waals surface area contributed by atoms with Crippen LogP contribution in [-0.4, -0.2) is 35.1 Å². The zero-order valence-electron chi connectivity index (χ0n) is 15.8. The van der Waals surface area contributed by atoms with Crippen LogP contribution in [-0.2, 0) is 4.79 Å². The first kappa shape index (κ1) is 18.6. The molecule has 0 radical (unpaired) electrons. The highest BCUT2D eigenvalue weighted by Crippen LogP contribution is 2.31. The van der Waals surface area contributed by atoms with Crippen LogP contribution in [0.25, 0.3) is 32.9 Å². The molecule has 0 spiro atoms. The summed E-state index contributed by atoms with van der Waals surface area (Å²) in [6.07, 6.45) is 0. The number of amides is 2. The Morgan fingerprint density at radius 1 is 1.00 bits per heavy atom. The van der Waals surface area contributed by atoms with Crippen molar-refractivity contribution in [3.8, 4) is 11.3 Å². The number of H-pyrrole nitrogens is 1. The van der Waals surface area contributed by atoms with Crippen molar-refractivity contribution in [2.45, 2.75) is 6.92 Å². The highest BCUT2D eigenvalue weighted by atomic mass is 19.1. The molecule has 4 rings (SSSR count). The van der Waals surface area contributed by atoms with E-state index in [-0.39, 0.29) is 29.9 Å². The Balaban J connectivity index is 1.68. The largest absolute Gasteiger partial charge is 0.355 e. The Labute approximate surface area is 166 Å². The standard InChI is InChI=1S/C22H19FN4O2/c1-13(28)24-10-11-25-22(29)17-8-9-18-19(20(17)23)21(27-26-18)16-7-6-14-4-2-3-5-15(14)12-16/h2-9,12H,10-11H2,1H3,(H,24,28)(H,25,29)(H,26,27). The number of aromatic nitrogens is 2. The number of fused-ring (bicyclic) bond motifs is 2. The molecule has 6 nitrogen and oxygen atoms in total. The van der Waals surface area contributed by atoms with Crippen LogP contribution < -0.4 is 10.6 Å². The number of halogens is 1. The van der Waals surface area contributed by atoms with Gasteiger partial charge in [-0.1, -0.05) is 36.4 Å². The molecular weight excluding hydrogens is 371 g/mol. The molecule has 146 valence electrons. The minimum Gasteiger partial charge on any atom is -0.355 e. The van der Waals surface area contributed by atoms with E-state index in [0.29, 0.717) is 11.2 Å². The zero-order chi connectivity index (χ0) is 20.4. The molecule has 0 bridgehead atoms. The fourth-order valence-electron chi connectivity index (χ4n) is 3.30. The molecule has 3 aromatic carbocycles. The molecule has 0 saturated heterocycles. The number of carbonyl (C=O) groups excluding carboxylic acids is 2. The molecule has 1 heterocycles. The molecule has 7 heteroatoms. The summed E-state index contributed by atoms with van der Waals surface area (Å²) in [4.78, 5) is 23.3. The van der Waals surface area contributed by atoms with E-state index in [1.807, 2.05) is 42.5 Å². The SMILES string of the molecule is CC(=O)NCCNC(=O)c1ccc2[nH]nc(-c3ccc4ccccc4c3)c2c1F. The van der Waals surface area contributed by atoms with Crippen LogP contribution >= 0.6 is 0 Å². The topological polar surface area (TPSA) is 86.9 Å². The summed E-state index contributed by atoms with van der Waals surface area (Å²) in [6, 6.07) is 16.8. The van der Waals surface area contributed by atoms with Gasteiger partial charge in [-0.2, -0.15) is 5.10 Å². The normalized spacial score (nSPS) is 11.0. The average molecular weight is 390 g/mol. The van der Waals surface area contributed by atoms with E-state index in [1.165, 1.54) is 13.0 Å². The van der Waals surface area contributed by atoms with Crippen molar-refractivity contribution >= 4 is 33.5 Å². The molecule has 2 amide bonds. The van der Waals surface area contributed by atoms with Gasteiger partial charge in [0.05, 0.1) is 16.5 Å². The lowest BCUT2D eigenvalue weighted by Crippen LogP contribution is -2.34. The minimum atomic E-state index is -0.628. The maximum absolute atomic E-state index is 15.3. The number of benzene rings is 3. The molecule has 0 aliphatic rings. The van der Waals surface area contributed by atoms with E-state index in [0.717, 1.165) is 16.3 Å². The van der Waals surface area contributed by atoms with Crippen molar-refractivity contribution in [1.82, 2.24) is 20.8 Å². The second-order valence-corrected chi connectivity index (χ2v) is 6.72. The second-order valence-electron chi connectivity index (χ2n) is 6.72. The van der Waals surface area contributed by atoms with Crippen LogP contribution in [0.4, 0.5) is 4.39 Å². The van der Waals surface area contributed by atoms with Gasteiger partial charge in [0, 0.05) is 25.6 Å². The van der Waals surface area contributed by atoms with Gasteiger partial charge >= 0.3 is 0 Å². The Morgan fingerprint density at radius 2 is 1.76 bits per heavy atom. The zero-order valence-corrected chi connectivity index (χ0v) is 15.8. The van der Waals surface area contributed by atoms with E-state index < -0.39 is 11.7 Å². The minimum absolute atomic E-state index is 0.0660. The summed E-state index contributed by atoms with van der Waals surface area (Å²) >= 11 is 0. The summed E-state index contributed by atoms with van der Waals surface area (Å²) in [5.74, 6) is -1.36. The fraction of sp³-hybridized carbons (Fsp3) is 0.136. The number of carbonyl (C=O) groups is 2. The highest BCUT2D eigenvalue weighted by molar-refractivity contribution is 6.03. The third-order valence-corrected chi connectivity index (χ3v) is 4.72. The van der Waals surface area contributed by atoms with Crippen LogP contribution in [0.15, 0.2) is 54.6 Å². The van der Waals surface area contributed by atoms with Crippen LogP contribution in [0.1, 0.15) is 17.3 Å². The third-order valence-electron chi connectivity index (χ3n) is 4.72. The van der Waals surface area contributed by atoms with Crippen molar-refractivity contribution in [2.24, 2.45) is 0 Å². The van der Waals surface area contributed by atoms with E-state index in [4.69, 9.17) is 0 Å². The molecule has 1 aromatic heterocycles. The Morgan fingerprint density at radius 3 is 2.55 bits per heavy atom. The summed E-state index contributed by atoms with van der Waals surface area (Å²) in [6.45, 7) is 1.88. The van der Waals surface area contributed by atoms with Gasteiger partial charge in [0.1, 0.15) is 11.5 Å². The summed E-state index contributed by atoms with van der Waals surface area (Å²) in [5, 5.41) is 14.7. The summed E-state index contributed by atoms with van der Waals surface area (Å²) in [5.41, 5.74) is 1.66. The van der Waals surface area contributed by atoms with E-state index in [1.54, 1.807) is 6.07 Å². The highest BCUT2D eigenvalue weighted by Gasteiger charge is 2.19. The van der Waals surface area contributed by atoms with Gasteiger partial charge < -0.3 is 10.6 Å². The molecule has 0 atom stereocenters. The molecule has 29 heavy (non-hydrogen) atoms.